The first-order valence-corrected chi connectivity index (χ1v) is 7.54. The van der Waals surface area contributed by atoms with Gasteiger partial charge in [0.25, 0.3) is 0 Å². The fourth-order valence-corrected chi connectivity index (χ4v) is 3.29. The number of methoxy groups -OCH3 is 1. The number of ether oxygens (including phenoxy) is 1. The second-order valence-electron chi connectivity index (χ2n) is 5.37. The van der Waals surface area contributed by atoms with E-state index in [9.17, 15) is 4.79 Å². The fraction of sp³-hybridized carbons (Fsp3) is 0.533. The minimum absolute atomic E-state index is 0.300. The van der Waals surface area contributed by atoms with Crippen molar-refractivity contribution in [1.82, 2.24) is 5.32 Å². The average molecular weight is 316 g/mol. The Morgan fingerprint density at radius 3 is 2.60 bits per heavy atom. The van der Waals surface area contributed by atoms with E-state index in [0.717, 1.165) is 12.8 Å². The molecule has 5 heteroatoms. The third-order valence-electron chi connectivity index (χ3n) is 3.91. The molecule has 0 bridgehead atoms. The van der Waals surface area contributed by atoms with Crippen molar-refractivity contribution >= 4 is 29.2 Å². The van der Waals surface area contributed by atoms with Crippen LogP contribution in [0.25, 0.3) is 0 Å². The van der Waals surface area contributed by atoms with Crippen LogP contribution in [0.1, 0.15) is 38.2 Å². The normalized spacial score (nSPS) is 18.8. The van der Waals surface area contributed by atoms with Gasteiger partial charge in [0.1, 0.15) is 5.54 Å². The van der Waals surface area contributed by atoms with E-state index in [1.54, 1.807) is 25.1 Å². The van der Waals surface area contributed by atoms with Gasteiger partial charge >= 0.3 is 5.97 Å². The van der Waals surface area contributed by atoms with Gasteiger partial charge in [0.05, 0.1) is 7.11 Å². The third kappa shape index (κ3) is 3.11. The lowest BCUT2D eigenvalue weighted by molar-refractivity contribution is -0.148. The summed E-state index contributed by atoms with van der Waals surface area (Å²) in [6.07, 6.45) is 4.48. The van der Waals surface area contributed by atoms with Crippen molar-refractivity contribution in [2.75, 3.05) is 7.11 Å². The summed E-state index contributed by atoms with van der Waals surface area (Å²) in [4.78, 5) is 12.3. The quantitative estimate of drug-likeness (QED) is 0.856. The Labute approximate surface area is 129 Å². The van der Waals surface area contributed by atoms with Gasteiger partial charge in [0, 0.05) is 21.7 Å². The standard InChI is InChI=1S/C15H19Cl2NO2/c1-15(14(19)20-2,18-11-5-3-4-6-11)12-9-10(16)7-8-13(12)17/h7-9,11,18H,3-6H2,1-2H3. The molecule has 0 aromatic heterocycles. The largest absolute Gasteiger partial charge is 0.467 e. The molecule has 1 fully saturated rings. The molecule has 1 aromatic carbocycles. The van der Waals surface area contributed by atoms with E-state index in [1.165, 1.54) is 20.0 Å². The lowest BCUT2D eigenvalue weighted by Crippen LogP contribution is -2.51. The van der Waals surface area contributed by atoms with E-state index < -0.39 is 5.54 Å². The third-order valence-corrected chi connectivity index (χ3v) is 4.47. The second-order valence-corrected chi connectivity index (χ2v) is 6.21. The van der Waals surface area contributed by atoms with Crippen molar-refractivity contribution in [2.45, 2.75) is 44.2 Å². The van der Waals surface area contributed by atoms with Gasteiger partial charge in [-0.15, -0.1) is 0 Å². The Morgan fingerprint density at radius 1 is 1.35 bits per heavy atom. The lowest BCUT2D eigenvalue weighted by atomic mass is 9.90. The summed E-state index contributed by atoms with van der Waals surface area (Å²) in [5, 5.41) is 4.47. The number of halogens is 2. The van der Waals surface area contributed by atoms with Crippen LogP contribution < -0.4 is 5.32 Å². The first kappa shape index (κ1) is 15.6. The Hall–Kier alpha value is -0.770. The topological polar surface area (TPSA) is 38.3 Å². The SMILES string of the molecule is COC(=O)C(C)(NC1CCCC1)c1cc(Cl)ccc1Cl. The molecule has 1 unspecified atom stereocenters. The summed E-state index contributed by atoms with van der Waals surface area (Å²) in [5.74, 6) is -0.353. The number of carbonyl (C=O) groups is 1. The van der Waals surface area contributed by atoms with Gasteiger partial charge in [0.15, 0.2) is 0 Å². The highest BCUT2D eigenvalue weighted by atomic mass is 35.5. The van der Waals surface area contributed by atoms with Crippen molar-refractivity contribution in [1.29, 1.82) is 0 Å². The summed E-state index contributed by atoms with van der Waals surface area (Å²) in [5.41, 5.74) is -0.323. The minimum atomic E-state index is -0.980. The molecule has 1 aliphatic carbocycles. The monoisotopic (exact) mass is 315 g/mol. The maximum atomic E-state index is 12.3. The van der Waals surface area contributed by atoms with Gasteiger partial charge in [-0.1, -0.05) is 36.0 Å². The van der Waals surface area contributed by atoms with Crippen LogP contribution >= 0.6 is 23.2 Å². The molecule has 3 nitrogen and oxygen atoms in total. The summed E-state index contributed by atoms with van der Waals surface area (Å²) >= 11 is 12.3. The smallest absolute Gasteiger partial charge is 0.330 e. The first-order valence-electron chi connectivity index (χ1n) is 6.79. The maximum Gasteiger partial charge on any atom is 0.330 e. The molecule has 2 rings (SSSR count). The van der Waals surface area contributed by atoms with Crippen molar-refractivity contribution < 1.29 is 9.53 Å². The number of esters is 1. The van der Waals surface area contributed by atoms with Crippen molar-refractivity contribution in [3.8, 4) is 0 Å². The molecule has 0 amide bonds. The molecule has 0 radical (unpaired) electrons. The van der Waals surface area contributed by atoms with Gasteiger partial charge in [-0.3, -0.25) is 5.32 Å². The second kappa shape index (κ2) is 6.33. The molecule has 1 saturated carbocycles. The van der Waals surface area contributed by atoms with E-state index in [-0.39, 0.29) is 5.97 Å². The minimum Gasteiger partial charge on any atom is -0.467 e. The van der Waals surface area contributed by atoms with Crippen LogP contribution in [0.15, 0.2) is 18.2 Å². The van der Waals surface area contributed by atoms with Crippen LogP contribution in [0.4, 0.5) is 0 Å². The van der Waals surface area contributed by atoms with E-state index in [2.05, 4.69) is 5.32 Å². The van der Waals surface area contributed by atoms with Crippen LogP contribution in [0.2, 0.25) is 10.0 Å². The Kier molecular flexibility index (Phi) is 4.95. The van der Waals surface area contributed by atoms with E-state index in [0.29, 0.717) is 21.7 Å². The van der Waals surface area contributed by atoms with Crippen molar-refractivity contribution in [2.24, 2.45) is 0 Å². The zero-order chi connectivity index (χ0) is 14.8. The summed E-state index contributed by atoms with van der Waals surface area (Å²) in [6.45, 7) is 1.80. The number of rotatable bonds is 4. The molecule has 20 heavy (non-hydrogen) atoms. The molecule has 0 heterocycles. The predicted molar refractivity (Wildman–Crippen MR) is 81.2 cm³/mol. The van der Waals surface area contributed by atoms with Crippen molar-refractivity contribution in [3.63, 3.8) is 0 Å². The highest BCUT2D eigenvalue weighted by Gasteiger charge is 2.40. The zero-order valence-corrected chi connectivity index (χ0v) is 13.2. The number of benzene rings is 1. The molecule has 1 aromatic rings. The number of carbonyl (C=O) groups excluding carboxylic acids is 1. The first-order chi connectivity index (χ1) is 9.47. The number of nitrogens with one attached hydrogen (secondary N) is 1. The number of hydrogen-bond acceptors (Lipinski definition) is 3. The highest BCUT2D eigenvalue weighted by molar-refractivity contribution is 6.33. The fourth-order valence-electron chi connectivity index (χ4n) is 2.81. The van der Waals surface area contributed by atoms with Crippen LogP contribution in [0, 0.1) is 0 Å². The maximum absolute atomic E-state index is 12.3. The molecular weight excluding hydrogens is 297 g/mol. The van der Waals surface area contributed by atoms with Crippen LogP contribution in [-0.4, -0.2) is 19.1 Å². The molecule has 0 aliphatic heterocycles. The Morgan fingerprint density at radius 2 is 2.00 bits per heavy atom. The highest BCUT2D eigenvalue weighted by Crippen LogP contribution is 2.33. The van der Waals surface area contributed by atoms with Crippen molar-refractivity contribution in [3.05, 3.63) is 33.8 Å². The van der Waals surface area contributed by atoms with Crippen LogP contribution in [0.5, 0.6) is 0 Å². The molecule has 0 saturated heterocycles. The summed E-state index contributed by atoms with van der Waals surface area (Å²) in [7, 11) is 1.38. The van der Waals surface area contributed by atoms with Crippen LogP contribution in [0.3, 0.4) is 0 Å². The van der Waals surface area contributed by atoms with Gasteiger partial charge in [-0.25, -0.2) is 4.79 Å². The molecular formula is C15H19Cl2NO2. The molecule has 1 N–H and O–H groups in total. The van der Waals surface area contributed by atoms with Gasteiger partial charge < -0.3 is 4.74 Å². The summed E-state index contributed by atoms with van der Waals surface area (Å²) in [6, 6.07) is 5.44. The molecule has 0 spiro atoms. The van der Waals surface area contributed by atoms with E-state index >= 15 is 0 Å². The van der Waals surface area contributed by atoms with Crippen LogP contribution in [-0.2, 0) is 15.1 Å². The van der Waals surface area contributed by atoms with E-state index in [1.807, 2.05) is 0 Å². The molecule has 110 valence electrons. The zero-order valence-electron chi connectivity index (χ0n) is 11.7. The number of hydrogen-bond donors (Lipinski definition) is 1. The Balaban J connectivity index is 2.39. The average Bonchev–Trinajstić information content (AvgIpc) is 2.93. The van der Waals surface area contributed by atoms with Gasteiger partial charge in [-0.05, 0) is 38.0 Å². The lowest BCUT2D eigenvalue weighted by Gasteiger charge is -2.32. The van der Waals surface area contributed by atoms with E-state index in [4.69, 9.17) is 27.9 Å². The molecule has 1 aliphatic rings. The Bertz CT molecular complexity index is 501. The van der Waals surface area contributed by atoms with Gasteiger partial charge in [0.2, 0.25) is 0 Å². The predicted octanol–water partition coefficient (Wildman–Crippen LogP) is 3.91. The summed E-state index contributed by atoms with van der Waals surface area (Å²) < 4.78 is 4.97. The van der Waals surface area contributed by atoms with Gasteiger partial charge in [-0.2, -0.15) is 0 Å². The molecule has 1 atom stereocenters.